The van der Waals surface area contributed by atoms with Crippen LogP contribution >= 0.6 is 46.1 Å². The van der Waals surface area contributed by atoms with Gasteiger partial charge in [0.1, 0.15) is 2.59 Å². The molecule has 42 valence electrons. The molecule has 0 aromatic rings. The molecule has 0 atom stereocenters. The first-order valence-corrected chi connectivity index (χ1v) is 5.61. The van der Waals surface area contributed by atoms with E-state index in [0.717, 1.165) is 2.59 Å². The fourth-order valence-corrected chi connectivity index (χ4v) is 4.12. The third kappa shape index (κ3) is 2.46. The van der Waals surface area contributed by atoms with Gasteiger partial charge in [0.15, 0.2) is 0 Å². The second-order valence-corrected chi connectivity index (χ2v) is 7.03. The van der Waals surface area contributed by atoms with Gasteiger partial charge in [-0.15, -0.1) is 23.5 Å². The van der Waals surface area contributed by atoms with Crippen molar-refractivity contribution >= 4 is 46.1 Å². The molecule has 0 amide bonds. The second kappa shape index (κ2) is 3.45. The van der Waals surface area contributed by atoms with Crippen LogP contribution in [0.15, 0.2) is 0 Å². The van der Waals surface area contributed by atoms with E-state index in [2.05, 4.69) is 46.1 Å². The maximum atomic E-state index is 2.48. The van der Waals surface area contributed by atoms with Crippen molar-refractivity contribution in [3.8, 4) is 0 Å². The highest BCUT2D eigenvalue weighted by Crippen LogP contribution is 2.34. The zero-order valence-corrected chi connectivity index (χ0v) is 7.68. The molecular formula is C4H7IS2. The van der Waals surface area contributed by atoms with Crippen LogP contribution in [0.1, 0.15) is 6.42 Å². The standard InChI is InChI=1S/C4H7IS2/c5-4-6-2-1-3-7-4/h4H,1-3H2. The molecule has 0 N–H and O–H groups in total. The smallest absolute Gasteiger partial charge is 0.102 e. The van der Waals surface area contributed by atoms with Gasteiger partial charge in [0, 0.05) is 0 Å². The molecule has 0 nitrogen and oxygen atoms in total. The number of alkyl halides is 1. The zero-order chi connectivity index (χ0) is 5.11. The van der Waals surface area contributed by atoms with E-state index in [-0.39, 0.29) is 0 Å². The van der Waals surface area contributed by atoms with Crippen molar-refractivity contribution in [2.75, 3.05) is 11.5 Å². The summed E-state index contributed by atoms with van der Waals surface area (Å²) in [5, 5.41) is 0. The van der Waals surface area contributed by atoms with E-state index in [1.54, 1.807) is 0 Å². The van der Waals surface area contributed by atoms with Crippen LogP contribution in [0.3, 0.4) is 0 Å². The van der Waals surface area contributed by atoms with E-state index in [1.165, 1.54) is 17.9 Å². The van der Waals surface area contributed by atoms with E-state index in [4.69, 9.17) is 0 Å². The zero-order valence-electron chi connectivity index (χ0n) is 3.89. The molecular weight excluding hydrogens is 239 g/mol. The molecule has 1 aliphatic rings. The molecule has 1 rings (SSSR count). The summed E-state index contributed by atoms with van der Waals surface area (Å²) in [7, 11) is 0. The molecule has 0 saturated carbocycles. The Morgan fingerprint density at radius 1 is 1.29 bits per heavy atom. The minimum atomic E-state index is 0.839. The number of hydrogen-bond donors (Lipinski definition) is 0. The molecule has 0 aliphatic carbocycles. The summed E-state index contributed by atoms with van der Waals surface area (Å²) in [6.45, 7) is 0. The summed E-state index contributed by atoms with van der Waals surface area (Å²) in [5.74, 6) is 2.75. The third-order valence-electron chi connectivity index (χ3n) is 0.786. The number of hydrogen-bond acceptors (Lipinski definition) is 2. The second-order valence-electron chi connectivity index (χ2n) is 1.37. The highest BCUT2D eigenvalue weighted by atomic mass is 127. The monoisotopic (exact) mass is 246 g/mol. The molecule has 0 radical (unpaired) electrons. The molecule has 1 saturated heterocycles. The van der Waals surface area contributed by atoms with Crippen molar-refractivity contribution in [1.29, 1.82) is 0 Å². The first-order valence-electron chi connectivity index (χ1n) is 2.27. The predicted molar refractivity (Wildman–Crippen MR) is 47.3 cm³/mol. The predicted octanol–water partition coefficient (Wildman–Crippen LogP) is 2.58. The van der Waals surface area contributed by atoms with E-state index in [9.17, 15) is 0 Å². The topological polar surface area (TPSA) is 0 Å². The van der Waals surface area contributed by atoms with Gasteiger partial charge >= 0.3 is 0 Å². The Bertz CT molecular complexity index is 51.7. The Kier molecular flexibility index (Phi) is 3.23. The van der Waals surface area contributed by atoms with Crippen molar-refractivity contribution in [2.45, 2.75) is 9.01 Å². The number of halogens is 1. The fourth-order valence-electron chi connectivity index (χ4n) is 0.459. The maximum Gasteiger partial charge on any atom is 0.102 e. The molecule has 0 unspecified atom stereocenters. The first kappa shape index (κ1) is 6.55. The van der Waals surface area contributed by atoms with Crippen LogP contribution in [-0.4, -0.2) is 14.1 Å². The lowest BCUT2D eigenvalue weighted by molar-refractivity contribution is 1.12. The van der Waals surface area contributed by atoms with Gasteiger partial charge in [-0.3, -0.25) is 0 Å². The van der Waals surface area contributed by atoms with Crippen molar-refractivity contribution in [3.05, 3.63) is 0 Å². The SMILES string of the molecule is IC1SCCCS1. The normalized spacial score (nSPS) is 25.3. The highest BCUT2D eigenvalue weighted by molar-refractivity contribution is 14.1. The van der Waals surface area contributed by atoms with Gasteiger partial charge in [0.2, 0.25) is 0 Å². The summed E-state index contributed by atoms with van der Waals surface area (Å²) in [4.78, 5) is 0. The molecule has 0 spiro atoms. The lowest BCUT2D eigenvalue weighted by Gasteiger charge is -2.13. The average Bonchev–Trinajstić information content (AvgIpc) is 1.69. The Balaban J connectivity index is 2.12. The van der Waals surface area contributed by atoms with Gasteiger partial charge in [0.05, 0.1) is 0 Å². The summed E-state index contributed by atoms with van der Waals surface area (Å²) in [6, 6.07) is 0. The van der Waals surface area contributed by atoms with Gasteiger partial charge in [-0.2, -0.15) is 0 Å². The van der Waals surface area contributed by atoms with Gasteiger partial charge in [-0.1, -0.05) is 22.6 Å². The summed E-state index contributed by atoms with van der Waals surface area (Å²) < 4.78 is 0.839. The fraction of sp³-hybridized carbons (Fsp3) is 1.00. The molecule has 1 heterocycles. The van der Waals surface area contributed by atoms with Crippen molar-refractivity contribution in [3.63, 3.8) is 0 Å². The molecule has 3 heteroatoms. The van der Waals surface area contributed by atoms with Crippen LogP contribution in [-0.2, 0) is 0 Å². The average molecular weight is 246 g/mol. The van der Waals surface area contributed by atoms with Crippen LogP contribution in [0, 0.1) is 0 Å². The third-order valence-corrected chi connectivity index (χ3v) is 5.33. The van der Waals surface area contributed by atoms with Crippen LogP contribution in [0.4, 0.5) is 0 Å². The quantitative estimate of drug-likeness (QED) is 0.476. The largest absolute Gasteiger partial charge is 0.137 e. The minimum Gasteiger partial charge on any atom is -0.137 e. The Morgan fingerprint density at radius 2 is 1.86 bits per heavy atom. The lowest BCUT2D eigenvalue weighted by Crippen LogP contribution is -1.97. The van der Waals surface area contributed by atoms with Crippen LogP contribution in [0.2, 0.25) is 0 Å². The number of rotatable bonds is 0. The van der Waals surface area contributed by atoms with Gasteiger partial charge in [-0.25, -0.2) is 0 Å². The van der Waals surface area contributed by atoms with Crippen LogP contribution in [0.25, 0.3) is 0 Å². The van der Waals surface area contributed by atoms with E-state index in [0.29, 0.717) is 0 Å². The Hall–Kier alpha value is 1.43. The van der Waals surface area contributed by atoms with Crippen molar-refractivity contribution in [1.82, 2.24) is 0 Å². The number of thioether (sulfide) groups is 2. The van der Waals surface area contributed by atoms with Crippen molar-refractivity contribution < 1.29 is 0 Å². The first-order chi connectivity index (χ1) is 3.39. The molecule has 1 fully saturated rings. The summed E-state index contributed by atoms with van der Waals surface area (Å²) in [6.07, 6.45) is 1.41. The Morgan fingerprint density at radius 3 is 2.14 bits per heavy atom. The van der Waals surface area contributed by atoms with Gasteiger partial charge in [-0.05, 0) is 17.9 Å². The van der Waals surface area contributed by atoms with Crippen molar-refractivity contribution in [2.24, 2.45) is 0 Å². The van der Waals surface area contributed by atoms with Crippen LogP contribution in [0.5, 0.6) is 0 Å². The molecule has 0 aromatic carbocycles. The van der Waals surface area contributed by atoms with Gasteiger partial charge in [0.25, 0.3) is 0 Å². The van der Waals surface area contributed by atoms with Gasteiger partial charge < -0.3 is 0 Å². The lowest BCUT2D eigenvalue weighted by atomic mass is 10.6. The van der Waals surface area contributed by atoms with E-state index < -0.39 is 0 Å². The van der Waals surface area contributed by atoms with E-state index >= 15 is 0 Å². The van der Waals surface area contributed by atoms with Crippen LogP contribution < -0.4 is 0 Å². The summed E-state index contributed by atoms with van der Waals surface area (Å²) >= 11 is 6.62. The van der Waals surface area contributed by atoms with E-state index in [1.807, 2.05) is 0 Å². The highest BCUT2D eigenvalue weighted by Gasteiger charge is 2.08. The Labute approximate surface area is 66.3 Å². The maximum absolute atomic E-state index is 2.48. The molecule has 7 heavy (non-hydrogen) atoms. The summed E-state index contributed by atoms with van der Waals surface area (Å²) in [5.41, 5.74) is 0. The molecule has 1 aliphatic heterocycles. The minimum absolute atomic E-state index is 0.839. The molecule has 0 bridgehead atoms. The molecule has 0 aromatic heterocycles.